The highest BCUT2D eigenvalue weighted by Crippen LogP contribution is 2.24. The molecule has 1 N–H and O–H groups in total. The molecule has 29 heavy (non-hydrogen) atoms. The minimum absolute atomic E-state index is 0.000691. The summed E-state index contributed by atoms with van der Waals surface area (Å²) in [7, 11) is 0. The average Bonchev–Trinajstić information content (AvgIpc) is 3.41. The Bertz CT molecular complexity index is 1080. The van der Waals surface area contributed by atoms with E-state index in [9.17, 15) is 4.79 Å². The highest BCUT2D eigenvalue weighted by atomic mass is 32.1. The van der Waals surface area contributed by atoms with Crippen LogP contribution in [0.5, 0.6) is 0 Å². The Balaban J connectivity index is 1.26. The zero-order chi connectivity index (χ0) is 20.1. The third-order valence-corrected chi connectivity index (χ3v) is 5.54. The third kappa shape index (κ3) is 4.97. The first-order valence-corrected chi connectivity index (χ1v) is 10.4. The minimum atomic E-state index is -0.000691. The number of hydrogen-bond acceptors (Lipinski definition) is 4. The number of carbonyl (C=O) groups excluding carboxylic acids is 1. The second kappa shape index (κ2) is 8.84. The monoisotopic (exact) mass is 402 g/mol. The lowest BCUT2D eigenvalue weighted by molar-refractivity contribution is -0.120. The van der Waals surface area contributed by atoms with E-state index >= 15 is 0 Å². The van der Waals surface area contributed by atoms with E-state index in [4.69, 9.17) is 0 Å². The number of nitrogens with one attached hydrogen (secondary N) is 1. The summed E-state index contributed by atoms with van der Waals surface area (Å²) in [4.78, 5) is 16.9. The molecule has 0 aliphatic carbocycles. The fourth-order valence-electron chi connectivity index (χ4n) is 3.11. The van der Waals surface area contributed by atoms with Gasteiger partial charge in [-0.2, -0.15) is 5.10 Å². The van der Waals surface area contributed by atoms with Crippen LogP contribution in [0.15, 0.2) is 72.4 Å². The Morgan fingerprint density at radius 3 is 2.76 bits per heavy atom. The van der Waals surface area contributed by atoms with Crippen molar-refractivity contribution in [1.29, 1.82) is 0 Å². The molecule has 0 atom stereocenters. The molecular formula is C23H22N4OS. The van der Waals surface area contributed by atoms with Gasteiger partial charge in [0.1, 0.15) is 5.01 Å². The molecule has 2 aromatic heterocycles. The summed E-state index contributed by atoms with van der Waals surface area (Å²) in [6.07, 6.45) is 4.77. The first-order chi connectivity index (χ1) is 14.2. The molecule has 0 saturated carbocycles. The maximum Gasteiger partial charge on any atom is 0.226 e. The summed E-state index contributed by atoms with van der Waals surface area (Å²) >= 11 is 1.58. The van der Waals surface area contributed by atoms with Gasteiger partial charge in [-0.05, 0) is 43.2 Å². The van der Waals surface area contributed by atoms with Crippen LogP contribution in [0.1, 0.15) is 16.8 Å². The molecule has 6 heteroatoms. The number of carbonyl (C=O) groups is 1. The molecular weight excluding hydrogens is 380 g/mol. The van der Waals surface area contributed by atoms with Gasteiger partial charge in [-0.15, -0.1) is 11.3 Å². The Labute approximate surface area is 174 Å². The predicted molar refractivity (Wildman–Crippen MR) is 116 cm³/mol. The van der Waals surface area contributed by atoms with E-state index in [1.54, 1.807) is 17.5 Å². The molecule has 0 unspecified atom stereocenters. The second-order valence-electron chi connectivity index (χ2n) is 6.91. The van der Waals surface area contributed by atoms with Crippen molar-refractivity contribution in [1.82, 2.24) is 20.1 Å². The fourth-order valence-corrected chi connectivity index (χ4v) is 3.93. The van der Waals surface area contributed by atoms with E-state index in [2.05, 4.69) is 46.6 Å². The van der Waals surface area contributed by atoms with E-state index in [1.165, 1.54) is 11.1 Å². The Morgan fingerprint density at radius 2 is 2.00 bits per heavy atom. The Morgan fingerprint density at radius 1 is 1.14 bits per heavy atom. The van der Waals surface area contributed by atoms with Crippen LogP contribution in [-0.4, -0.2) is 27.2 Å². The molecule has 5 nitrogen and oxygen atoms in total. The van der Waals surface area contributed by atoms with Crippen molar-refractivity contribution in [2.24, 2.45) is 0 Å². The van der Waals surface area contributed by atoms with Gasteiger partial charge >= 0.3 is 0 Å². The minimum Gasteiger partial charge on any atom is -0.355 e. The van der Waals surface area contributed by atoms with Crippen LogP contribution >= 0.6 is 11.3 Å². The maximum absolute atomic E-state index is 12.3. The smallest absolute Gasteiger partial charge is 0.226 e. The van der Waals surface area contributed by atoms with Gasteiger partial charge in [-0.25, -0.2) is 9.67 Å². The lowest BCUT2D eigenvalue weighted by Crippen LogP contribution is -2.27. The van der Waals surface area contributed by atoms with Crippen molar-refractivity contribution >= 4 is 17.2 Å². The summed E-state index contributed by atoms with van der Waals surface area (Å²) in [5.74, 6) is -0.000691. The molecule has 146 valence electrons. The summed E-state index contributed by atoms with van der Waals surface area (Å²) in [6, 6.07) is 18.4. The van der Waals surface area contributed by atoms with E-state index in [0.29, 0.717) is 13.0 Å². The number of rotatable bonds is 7. The maximum atomic E-state index is 12.3. The Hall–Kier alpha value is -3.25. The molecule has 0 radical (unpaired) electrons. The number of thiazole rings is 1. The lowest BCUT2D eigenvalue weighted by atomic mass is 10.1. The van der Waals surface area contributed by atoms with Crippen molar-refractivity contribution in [2.45, 2.75) is 19.8 Å². The predicted octanol–water partition coefficient (Wildman–Crippen LogP) is 4.21. The molecule has 2 heterocycles. The van der Waals surface area contributed by atoms with Gasteiger partial charge in [0.25, 0.3) is 0 Å². The van der Waals surface area contributed by atoms with Crippen molar-refractivity contribution in [3.63, 3.8) is 0 Å². The fraction of sp³-hybridized carbons (Fsp3) is 0.174. The number of hydrogen-bond donors (Lipinski definition) is 1. The number of nitrogens with zero attached hydrogens (tertiary/aromatic N) is 3. The SMILES string of the molecule is Cc1cccc(-c2nc(CC(=O)NCCc3ccc(-n4cccn4)cc3)cs2)c1. The molecule has 0 aliphatic rings. The van der Waals surface area contributed by atoms with E-state index in [1.807, 2.05) is 46.6 Å². The lowest BCUT2D eigenvalue weighted by Gasteiger charge is -2.06. The highest BCUT2D eigenvalue weighted by Gasteiger charge is 2.09. The third-order valence-electron chi connectivity index (χ3n) is 4.60. The molecule has 0 spiro atoms. The van der Waals surface area contributed by atoms with Crippen LogP contribution in [0, 0.1) is 6.92 Å². The van der Waals surface area contributed by atoms with Gasteiger partial charge in [-0.1, -0.05) is 35.9 Å². The number of benzene rings is 2. The van der Waals surface area contributed by atoms with Gasteiger partial charge in [0.2, 0.25) is 5.91 Å². The standard InChI is InChI=1S/C23H22N4OS/c1-17-4-2-5-19(14-17)23-26-20(16-29-23)15-22(28)24-12-10-18-6-8-21(9-7-18)27-13-3-11-25-27/h2-9,11,13-14,16H,10,12,15H2,1H3,(H,24,28). The molecule has 1 amide bonds. The topological polar surface area (TPSA) is 59.8 Å². The summed E-state index contributed by atoms with van der Waals surface area (Å²) < 4.78 is 1.82. The number of aryl methyl sites for hydroxylation is 1. The molecule has 0 saturated heterocycles. The van der Waals surface area contributed by atoms with E-state index < -0.39 is 0 Å². The zero-order valence-electron chi connectivity index (χ0n) is 16.2. The second-order valence-corrected chi connectivity index (χ2v) is 7.77. The van der Waals surface area contributed by atoms with Crippen LogP contribution in [0.25, 0.3) is 16.3 Å². The summed E-state index contributed by atoms with van der Waals surface area (Å²) in [6.45, 7) is 2.67. The summed E-state index contributed by atoms with van der Waals surface area (Å²) in [5, 5.41) is 10.1. The van der Waals surface area contributed by atoms with E-state index in [0.717, 1.165) is 28.4 Å². The van der Waals surface area contributed by atoms with Gasteiger partial charge in [-0.3, -0.25) is 4.79 Å². The first-order valence-electron chi connectivity index (χ1n) is 9.54. The van der Waals surface area contributed by atoms with Gasteiger partial charge in [0.15, 0.2) is 0 Å². The normalized spacial score (nSPS) is 10.8. The van der Waals surface area contributed by atoms with Crippen molar-refractivity contribution < 1.29 is 4.79 Å². The van der Waals surface area contributed by atoms with Crippen molar-refractivity contribution in [3.05, 3.63) is 89.2 Å². The molecule has 0 fully saturated rings. The first kappa shape index (κ1) is 19.1. The van der Waals surface area contributed by atoms with Crippen LogP contribution in [0.4, 0.5) is 0 Å². The molecule has 0 bridgehead atoms. The number of amides is 1. The van der Waals surface area contributed by atoms with Crippen LogP contribution in [-0.2, 0) is 17.6 Å². The van der Waals surface area contributed by atoms with Gasteiger partial charge < -0.3 is 5.32 Å². The van der Waals surface area contributed by atoms with Gasteiger partial charge in [0, 0.05) is 29.9 Å². The molecule has 4 aromatic rings. The summed E-state index contributed by atoms with van der Waals surface area (Å²) in [5.41, 5.74) is 5.31. The van der Waals surface area contributed by atoms with Gasteiger partial charge in [0.05, 0.1) is 17.8 Å². The van der Waals surface area contributed by atoms with Crippen LogP contribution < -0.4 is 5.32 Å². The largest absolute Gasteiger partial charge is 0.355 e. The zero-order valence-corrected chi connectivity index (χ0v) is 17.0. The van der Waals surface area contributed by atoms with Crippen LogP contribution in [0.2, 0.25) is 0 Å². The van der Waals surface area contributed by atoms with Crippen molar-refractivity contribution in [3.8, 4) is 16.3 Å². The molecule has 2 aromatic carbocycles. The average molecular weight is 403 g/mol. The van der Waals surface area contributed by atoms with E-state index in [-0.39, 0.29) is 5.91 Å². The quantitative estimate of drug-likeness (QED) is 0.504. The van der Waals surface area contributed by atoms with Crippen molar-refractivity contribution in [2.75, 3.05) is 6.54 Å². The Kier molecular flexibility index (Phi) is 5.81. The molecule has 0 aliphatic heterocycles. The molecule has 4 rings (SSSR count). The highest BCUT2D eigenvalue weighted by molar-refractivity contribution is 7.13. The van der Waals surface area contributed by atoms with Crippen LogP contribution in [0.3, 0.4) is 0 Å². The number of aromatic nitrogens is 3.